The van der Waals surface area contributed by atoms with Gasteiger partial charge in [-0.3, -0.25) is 9.48 Å². The number of nitrogens with one attached hydrogen (secondary N) is 1. The summed E-state index contributed by atoms with van der Waals surface area (Å²) in [5.41, 5.74) is 1.59. The van der Waals surface area contributed by atoms with Gasteiger partial charge in [0.2, 0.25) is 0 Å². The minimum absolute atomic E-state index is 0.0257. The van der Waals surface area contributed by atoms with Crippen LogP contribution < -0.4 is 5.32 Å². The third kappa shape index (κ3) is 2.26. The molecule has 1 N–H and O–H groups in total. The van der Waals surface area contributed by atoms with Crippen LogP contribution in [0.1, 0.15) is 48.8 Å². The van der Waals surface area contributed by atoms with Crippen LogP contribution in [0, 0.1) is 6.92 Å². The molecule has 0 unspecified atom stereocenters. The molecule has 4 heteroatoms. The number of carbonyl (C=O) groups excluding carboxylic acids is 1. The Hall–Kier alpha value is -1.32. The fraction of sp³-hybridized carbons (Fsp3) is 0.667. The molecule has 1 fully saturated rings. The van der Waals surface area contributed by atoms with Crippen LogP contribution in [-0.4, -0.2) is 21.7 Å². The number of nitrogens with zero attached hydrogens (tertiary/aromatic N) is 2. The second-order valence-electron chi connectivity index (χ2n) is 4.44. The van der Waals surface area contributed by atoms with Gasteiger partial charge in [-0.2, -0.15) is 5.10 Å². The van der Waals surface area contributed by atoms with E-state index in [9.17, 15) is 4.79 Å². The molecule has 16 heavy (non-hydrogen) atoms. The molecule has 1 heterocycles. The summed E-state index contributed by atoms with van der Waals surface area (Å²) < 4.78 is 1.85. The lowest BCUT2D eigenvalue weighted by molar-refractivity contribution is 0.0932. The van der Waals surface area contributed by atoms with E-state index in [-0.39, 0.29) is 5.91 Å². The van der Waals surface area contributed by atoms with Gasteiger partial charge in [0.25, 0.3) is 5.91 Å². The van der Waals surface area contributed by atoms with Gasteiger partial charge in [0.05, 0.1) is 0 Å². The number of aryl methyl sites for hydroxylation is 2. The quantitative estimate of drug-likeness (QED) is 0.847. The monoisotopic (exact) mass is 221 g/mol. The zero-order chi connectivity index (χ0) is 11.5. The molecule has 0 atom stereocenters. The van der Waals surface area contributed by atoms with E-state index in [1.165, 1.54) is 12.8 Å². The number of amides is 1. The Bertz CT molecular complexity index is 378. The molecule has 0 aliphatic heterocycles. The van der Waals surface area contributed by atoms with Crippen LogP contribution >= 0.6 is 0 Å². The van der Waals surface area contributed by atoms with Crippen LogP contribution in [0.2, 0.25) is 0 Å². The number of aromatic nitrogens is 2. The lowest BCUT2D eigenvalue weighted by atomic mass is 10.2. The average Bonchev–Trinajstić information content (AvgIpc) is 2.87. The van der Waals surface area contributed by atoms with Crippen molar-refractivity contribution in [2.45, 2.75) is 52.1 Å². The van der Waals surface area contributed by atoms with Crippen molar-refractivity contribution in [3.8, 4) is 0 Å². The molecule has 0 aromatic carbocycles. The zero-order valence-electron chi connectivity index (χ0n) is 9.99. The van der Waals surface area contributed by atoms with Gasteiger partial charge in [-0.15, -0.1) is 0 Å². The first-order chi connectivity index (χ1) is 7.70. The van der Waals surface area contributed by atoms with E-state index < -0.39 is 0 Å². The lowest BCUT2D eigenvalue weighted by Gasteiger charge is -2.09. The van der Waals surface area contributed by atoms with Crippen molar-refractivity contribution in [3.63, 3.8) is 0 Å². The van der Waals surface area contributed by atoms with Crippen molar-refractivity contribution in [1.29, 1.82) is 0 Å². The fourth-order valence-corrected chi connectivity index (χ4v) is 2.27. The standard InChI is InChI=1S/C12H19N3O/c1-3-15-9(2)8-11(14-15)12(16)13-10-6-4-5-7-10/h8,10H,3-7H2,1-2H3,(H,13,16). The van der Waals surface area contributed by atoms with E-state index >= 15 is 0 Å². The van der Waals surface area contributed by atoms with Crippen molar-refractivity contribution >= 4 is 5.91 Å². The molecule has 0 saturated heterocycles. The summed E-state index contributed by atoms with van der Waals surface area (Å²) in [5, 5.41) is 7.32. The molecule has 2 rings (SSSR count). The number of hydrogen-bond acceptors (Lipinski definition) is 2. The predicted molar refractivity (Wildman–Crippen MR) is 62.4 cm³/mol. The van der Waals surface area contributed by atoms with Crippen LogP contribution in [0.5, 0.6) is 0 Å². The maximum Gasteiger partial charge on any atom is 0.272 e. The smallest absolute Gasteiger partial charge is 0.272 e. The van der Waals surface area contributed by atoms with Crippen molar-refractivity contribution in [2.24, 2.45) is 0 Å². The van der Waals surface area contributed by atoms with Crippen molar-refractivity contribution < 1.29 is 4.79 Å². The second-order valence-corrected chi connectivity index (χ2v) is 4.44. The van der Waals surface area contributed by atoms with Gasteiger partial charge in [0.15, 0.2) is 0 Å². The normalized spacial score (nSPS) is 16.6. The van der Waals surface area contributed by atoms with Crippen molar-refractivity contribution in [2.75, 3.05) is 0 Å². The third-order valence-electron chi connectivity index (χ3n) is 3.20. The van der Waals surface area contributed by atoms with Gasteiger partial charge in [0.1, 0.15) is 5.69 Å². The highest BCUT2D eigenvalue weighted by molar-refractivity contribution is 5.92. The molecule has 88 valence electrons. The summed E-state index contributed by atoms with van der Waals surface area (Å²) in [6, 6.07) is 2.22. The first-order valence-electron chi connectivity index (χ1n) is 6.06. The van der Waals surface area contributed by atoms with Gasteiger partial charge in [-0.25, -0.2) is 0 Å². The van der Waals surface area contributed by atoms with Crippen LogP contribution in [0.25, 0.3) is 0 Å². The zero-order valence-corrected chi connectivity index (χ0v) is 9.99. The largest absolute Gasteiger partial charge is 0.348 e. The fourth-order valence-electron chi connectivity index (χ4n) is 2.27. The summed E-state index contributed by atoms with van der Waals surface area (Å²) in [6.45, 7) is 4.81. The molecule has 1 saturated carbocycles. The average molecular weight is 221 g/mol. The number of rotatable bonds is 3. The molecule has 1 amide bonds. The van der Waals surface area contributed by atoms with E-state index in [1.807, 2.05) is 24.6 Å². The minimum Gasteiger partial charge on any atom is -0.348 e. The van der Waals surface area contributed by atoms with Gasteiger partial charge in [-0.05, 0) is 32.8 Å². The SMILES string of the molecule is CCn1nc(C(=O)NC2CCCC2)cc1C. The summed E-state index contributed by atoms with van der Waals surface area (Å²) in [6.07, 6.45) is 4.68. The third-order valence-corrected chi connectivity index (χ3v) is 3.20. The number of hydrogen-bond donors (Lipinski definition) is 1. The maximum atomic E-state index is 11.9. The Morgan fingerprint density at radius 2 is 2.25 bits per heavy atom. The molecular weight excluding hydrogens is 202 g/mol. The van der Waals surface area contributed by atoms with E-state index in [0.29, 0.717) is 11.7 Å². The van der Waals surface area contributed by atoms with Crippen LogP contribution in [0.4, 0.5) is 0 Å². The second kappa shape index (κ2) is 4.68. The molecule has 1 aliphatic rings. The Morgan fingerprint density at radius 3 is 2.81 bits per heavy atom. The summed E-state index contributed by atoms with van der Waals surface area (Å²) >= 11 is 0. The van der Waals surface area contributed by atoms with Gasteiger partial charge >= 0.3 is 0 Å². The molecular formula is C12H19N3O. The van der Waals surface area contributed by atoms with E-state index in [0.717, 1.165) is 25.1 Å². The molecule has 1 aromatic heterocycles. The van der Waals surface area contributed by atoms with E-state index in [4.69, 9.17) is 0 Å². The van der Waals surface area contributed by atoms with Gasteiger partial charge in [-0.1, -0.05) is 12.8 Å². The molecule has 4 nitrogen and oxygen atoms in total. The molecule has 0 radical (unpaired) electrons. The summed E-state index contributed by atoms with van der Waals surface area (Å²) in [5.74, 6) is -0.0257. The molecule has 0 bridgehead atoms. The minimum atomic E-state index is -0.0257. The van der Waals surface area contributed by atoms with E-state index in [1.54, 1.807) is 0 Å². The summed E-state index contributed by atoms with van der Waals surface area (Å²) in [7, 11) is 0. The maximum absolute atomic E-state index is 11.9. The van der Waals surface area contributed by atoms with Crippen molar-refractivity contribution in [3.05, 3.63) is 17.5 Å². The van der Waals surface area contributed by atoms with E-state index in [2.05, 4.69) is 10.4 Å². The van der Waals surface area contributed by atoms with Crippen molar-refractivity contribution in [1.82, 2.24) is 15.1 Å². The van der Waals surface area contributed by atoms with Crippen LogP contribution in [0.15, 0.2) is 6.07 Å². The first-order valence-corrected chi connectivity index (χ1v) is 6.06. The van der Waals surface area contributed by atoms with Crippen LogP contribution in [0.3, 0.4) is 0 Å². The Balaban J connectivity index is 2.02. The molecule has 0 spiro atoms. The highest BCUT2D eigenvalue weighted by Crippen LogP contribution is 2.18. The van der Waals surface area contributed by atoms with Crippen LogP contribution in [-0.2, 0) is 6.54 Å². The highest BCUT2D eigenvalue weighted by Gasteiger charge is 2.19. The molecule has 1 aromatic rings. The first kappa shape index (κ1) is 11.2. The lowest BCUT2D eigenvalue weighted by Crippen LogP contribution is -2.32. The Morgan fingerprint density at radius 1 is 1.56 bits per heavy atom. The Kier molecular flexibility index (Phi) is 3.27. The number of carbonyl (C=O) groups is 1. The Labute approximate surface area is 96.0 Å². The predicted octanol–water partition coefficient (Wildman–Crippen LogP) is 1.88. The topological polar surface area (TPSA) is 46.9 Å². The summed E-state index contributed by atoms with van der Waals surface area (Å²) in [4.78, 5) is 11.9. The molecule has 1 aliphatic carbocycles. The highest BCUT2D eigenvalue weighted by atomic mass is 16.2. The van der Waals surface area contributed by atoms with Gasteiger partial charge < -0.3 is 5.32 Å². The van der Waals surface area contributed by atoms with Gasteiger partial charge in [0, 0.05) is 18.3 Å².